The normalized spacial score (nSPS) is 14.4. The molecule has 1 heterocycles. The molecule has 0 spiro atoms. The second kappa shape index (κ2) is 13.7. The lowest BCUT2D eigenvalue weighted by Gasteiger charge is -2.35. The van der Waals surface area contributed by atoms with Crippen LogP contribution in [0.4, 0.5) is 17.1 Å². The molecule has 1 unspecified atom stereocenters. The molecule has 0 bridgehead atoms. The van der Waals surface area contributed by atoms with Crippen molar-refractivity contribution in [2.75, 3.05) is 4.90 Å². The summed E-state index contributed by atoms with van der Waals surface area (Å²) in [6.07, 6.45) is 0. The van der Waals surface area contributed by atoms with Crippen LogP contribution in [-0.4, -0.2) is 0 Å². The fourth-order valence-corrected chi connectivity index (χ4v) is 9.35. The van der Waals surface area contributed by atoms with E-state index in [4.69, 9.17) is 4.42 Å². The van der Waals surface area contributed by atoms with E-state index in [0.717, 1.165) is 50.1 Å². The Morgan fingerprint density at radius 2 is 0.983 bits per heavy atom. The molecule has 1 aliphatic rings. The first-order chi connectivity index (χ1) is 28.7. The molecule has 11 rings (SSSR count). The van der Waals surface area contributed by atoms with Gasteiger partial charge in [0.1, 0.15) is 11.2 Å². The molecular weight excluding hydrogens is 703 g/mol. The summed E-state index contributed by atoms with van der Waals surface area (Å²) in [6, 6.07) is 79.6. The fraction of sp³-hybridized carbons (Fsp3) is 0.0357. The van der Waals surface area contributed by atoms with Gasteiger partial charge in [-0.05, 0) is 106 Å². The Morgan fingerprint density at radius 1 is 0.379 bits per heavy atom. The standard InChI is InChI=1S/C56H39NO/c1-38-24-29-43(30-25-38)56(42-16-6-3-7-17-42)51-21-11-8-19-47(51)48-34-33-45(37-52(48)56)57(53-22-12-9-18-46(53)40-14-4-2-5-15-40)44-31-26-39(27-32-44)41-28-35-55-50(36-41)49-20-10-13-23-54(49)58-55/h2-37H,1H3. The third-order valence-electron chi connectivity index (χ3n) is 12.0. The van der Waals surface area contributed by atoms with Crippen molar-refractivity contribution in [3.63, 3.8) is 0 Å². The van der Waals surface area contributed by atoms with Gasteiger partial charge in [-0.25, -0.2) is 0 Å². The Labute approximate surface area is 338 Å². The monoisotopic (exact) mass is 741 g/mol. The van der Waals surface area contributed by atoms with Crippen molar-refractivity contribution < 1.29 is 4.42 Å². The maximum Gasteiger partial charge on any atom is 0.135 e. The first-order valence-electron chi connectivity index (χ1n) is 20.0. The number of rotatable bonds is 7. The van der Waals surface area contributed by atoms with Gasteiger partial charge in [0.05, 0.1) is 11.1 Å². The average molecular weight is 742 g/mol. The Bertz CT molecular complexity index is 3110. The van der Waals surface area contributed by atoms with Crippen LogP contribution < -0.4 is 4.90 Å². The molecule has 0 radical (unpaired) electrons. The van der Waals surface area contributed by atoms with E-state index >= 15 is 0 Å². The Morgan fingerprint density at radius 3 is 1.79 bits per heavy atom. The average Bonchev–Trinajstić information content (AvgIpc) is 3.81. The molecule has 0 fully saturated rings. The largest absolute Gasteiger partial charge is 0.456 e. The van der Waals surface area contributed by atoms with Gasteiger partial charge in [-0.15, -0.1) is 0 Å². The molecule has 58 heavy (non-hydrogen) atoms. The molecule has 0 aliphatic heterocycles. The summed E-state index contributed by atoms with van der Waals surface area (Å²) in [5.41, 5.74) is 18.1. The molecule has 0 saturated carbocycles. The third-order valence-corrected chi connectivity index (χ3v) is 12.0. The van der Waals surface area contributed by atoms with Gasteiger partial charge in [-0.3, -0.25) is 0 Å². The van der Waals surface area contributed by atoms with E-state index in [2.05, 4.69) is 218 Å². The zero-order valence-electron chi connectivity index (χ0n) is 32.1. The molecule has 1 atom stereocenters. The van der Waals surface area contributed by atoms with Crippen LogP contribution in [0, 0.1) is 6.92 Å². The minimum atomic E-state index is -0.513. The molecule has 1 aromatic heterocycles. The number of benzene rings is 9. The van der Waals surface area contributed by atoms with Gasteiger partial charge < -0.3 is 9.32 Å². The van der Waals surface area contributed by atoms with Gasteiger partial charge >= 0.3 is 0 Å². The highest BCUT2D eigenvalue weighted by molar-refractivity contribution is 6.06. The van der Waals surface area contributed by atoms with Crippen LogP contribution in [0.3, 0.4) is 0 Å². The first-order valence-corrected chi connectivity index (χ1v) is 20.0. The Kier molecular flexibility index (Phi) is 7.97. The lowest BCUT2D eigenvalue weighted by Crippen LogP contribution is -2.28. The molecule has 274 valence electrons. The Balaban J connectivity index is 1.12. The summed E-state index contributed by atoms with van der Waals surface area (Å²) >= 11 is 0. The van der Waals surface area contributed by atoms with E-state index in [9.17, 15) is 0 Å². The van der Waals surface area contributed by atoms with E-state index in [-0.39, 0.29) is 0 Å². The van der Waals surface area contributed by atoms with Crippen molar-refractivity contribution in [2.45, 2.75) is 12.3 Å². The van der Waals surface area contributed by atoms with Crippen molar-refractivity contribution in [1.29, 1.82) is 0 Å². The highest BCUT2D eigenvalue weighted by Crippen LogP contribution is 2.57. The second-order valence-corrected chi connectivity index (χ2v) is 15.3. The van der Waals surface area contributed by atoms with Crippen LogP contribution in [0.15, 0.2) is 223 Å². The van der Waals surface area contributed by atoms with Gasteiger partial charge in [0.25, 0.3) is 0 Å². The topological polar surface area (TPSA) is 16.4 Å². The number of para-hydroxylation sites is 2. The van der Waals surface area contributed by atoms with Crippen LogP contribution in [0.25, 0.3) is 55.3 Å². The number of fused-ring (bicyclic) bond motifs is 6. The second-order valence-electron chi connectivity index (χ2n) is 15.3. The van der Waals surface area contributed by atoms with Crippen molar-refractivity contribution in [3.8, 4) is 33.4 Å². The molecule has 0 saturated heterocycles. The summed E-state index contributed by atoms with van der Waals surface area (Å²) in [7, 11) is 0. The quantitative estimate of drug-likeness (QED) is 0.162. The zero-order chi connectivity index (χ0) is 38.6. The predicted molar refractivity (Wildman–Crippen MR) is 241 cm³/mol. The number of hydrogen-bond donors (Lipinski definition) is 0. The number of hydrogen-bond acceptors (Lipinski definition) is 2. The molecule has 9 aromatic carbocycles. The molecule has 0 N–H and O–H groups in total. The van der Waals surface area contributed by atoms with E-state index in [0.29, 0.717) is 0 Å². The predicted octanol–water partition coefficient (Wildman–Crippen LogP) is 15.1. The molecular formula is C56H39NO. The maximum atomic E-state index is 6.16. The smallest absolute Gasteiger partial charge is 0.135 e. The molecule has 1 aliphatic carbocycles. The van der Waals surface area contributed by atoms with E-state index in [1.165, 1.54) is 50.1 Å². The maximum absolute atomic E-state index is 6.16. The molecule has 10 aromatic rings. The number of nitrogens with zero attached hydrogens (tertiary/aromatic N) is 1. The van der Waals surface area contributed by atoms with Crippen LogP contribution in [-0.2, 0) is 5.41 Å². The fourth-order valence-electron chi connectivity index (χ4n) is 9.35. The molecule has 0 amide bonds. The number of aryl methyl sites for hydroxylation is 1. The lowest BCUT2D eigenvalue weighted by atomic mass is 9.67. The minimum Gasteiger partial charge on any atom is -0.456 e. The molecule has 2 nitrogen and oxygen atoms in total. The zero-order valence-corrected chi connectivity index (χ0v) is 32.1. The minimum absolute atomic E-state index is 0.513. The number of anilines is 3. The van der Waals surface area contributed by atoms with Crippen LogP contribution in [0.2, 0.25) is 0 Å². The highest BCUT2D eigenvalue weighted by Gasteiger charge is 2.46. The number of furan rings is 1. The Hall–Kier alpha value is -7.42. The van der Waals surface area contributed by atoms with Crippen molar-refractivity contribution in [1.82, 2.24) is 0 Å². The lowest BCUT2D eigenvalue weighted by molar-refractivity contribution is 0.669. The van der Waals surface area contributed by atoms with Gasteiger partial charge in [0.2, 0.25) is 0 Å². The van der Waals surface area contributed by atoms with E-state index in [1.54, 1.807) is 0 Å². The SMILES string of the molecule is Cc1ccc(C2(c3ccccc3)c3ccccc3-c3ccc(N(c4ccc(-c5ccc6oc7ccccc7c6c5)cc4)c4ccccc4-c4ccccc4)cc32)cc1. The first kappa shape index (κ1) is 33.9. The van der Waals surface area contributed by atoms with Crippen LogP contribution >= 0.6 is 0 Å². The van der Waals surface area contributed by atoms with Gasteiger partial charge in [-0.2, -0.15) is 0 Å². The van der Waals surface area contributed by atoms with Crippen molar-refractivity contribution in [3.05, 3.63) is 246 Å². The van der Waals surface area contributed by atoms with Gasteiger partial charge in [0.15, 0.2) is 0 Å². The summed E-state index contributed by atoms with van der Waals surface area (Å²) in [5.74, 6) is 0. The third kappa shape index (κ3) is 5.33. The van der Waals surface area contributed by atoms with E-state index in [1.807, 2.05) is 12.1 Å². The van der Waals surface area contributed by atoms with Crippen molar-refractivity contribution >= 4 is 39.0 Å². The molecule has 2 heteroatoms. The summed E-state index contributed by atoms with van der Waals surface area (Å²) in [5, 5.41) is 2.26. The van der Waals surface area contributed by atoms with Crippen LogP contribution in [0.5, 0.6) is 0 Å². The summed E-state index contributed by atoms with van der Waals surface area (Å²) in [6.45, 7) is 2.17. The van der Waals surface area contributed by atoms with E-state index < -0.39 is 5.41 Å². The van der Waals surface area contributed by atoms with Gasteiger partial charge in [0, 0.05) is 27.7 Å². The summed E-state index contributed by atoms with van der Waals surface area (Å²) < 4.78 is 6.16. The van der Waals surface area contributed by atoms with Gasteiger partial charge in [-0.1, -0.05) is 175 Å². The highest BCUT2D eigenvalue weighted by atomic mass is 16.3. The van der Waals surface area contributed by atoms with Crippen LogP contribution in [0.1, 0.15) is 27.8 Å². The summed E-state index contributed by atoms with van der Waals surface area (Å²) in [4.78, 5) is 2.44. The van der Waals surface area contributed by atoms with Crippen molar-refractivity contribution in [2.24, 2.45) is 0 Å².